The predicted octanol–water partition coefficient (Wildman–Crippen LogP) is 2.26. The van der Waals surface area contributed by atoms with Crippen LogP contribution >= 0.6 is 0 Å². The summed E-state index contributed by atoms with van der Waals surface area (Å²) in [6, 6.07) is 1.24. The number of nitrogens with zero attached hydrogens (tertiary/aromatic N) is 3. The normalized spacial score (nSPS) is 18.8. The first-order chi connectivity index (χ1) is 16.9. The van der Waals surface area contributed by atoms with Crippen molar-refractivity contribution in [3.8, 4) is 5.69 Å². The Morgan fingerprint density at radius 3 is 2.17 bits per heavy atom. The molecule has 2 aromatic heterocycles. The molecule has 1 aliphatic rings. The van der Waals surface area contributed by atoms with Crippen LogP contribution in [0, 0.1) is 29.2 Å². The largest absolute Gasteiger partial charge is 0.389 e. The van der Waals surface area contributed by atoms with Gasteiger partial charge in [-0.3, -0.25) is 14.2 Å². The fourth-order valence-electron chi connectivity index (χ4n) is 3.93. The number of benzene rings is 1. The number of nitrogens with one attached hydrogen (secondary N) is 1. The number of aliphatic hydroxyl groups is 2. The topological polar surface area (TPSA) is 108 Å². The number of rotatable bonds is 5. The standard InChI is InChI=1S/C24H24F4N4O4/c1-10(2)11(3)29-24(36)14-7-32(20-15(26)4-12(25)5-16(20)27)22-13(21(14)35)6-17(28)23(30-22)31-8-18(33)19(34)9-31/h4-7,10-11,18-19,33-34H,8-9H2,1-3H3,(H,29,36)/t11?,18-,19-/m1/s1. The van der Waals surface area contributed by atoms with Crippen LogP contribution in [0.3, 0.4) is 0 Å². The summed E-state index contributed by atoms with van der Waals surface area (Å²) in [5.41, 5.74) is -2.71. The van der Waals surface area contributed by atoms with E-state index in [0.29, 0.717) is 12.1 Å². The first-order valence-corrected chi connectivity index (χ1v) is 11.2. The van der Waals surface area contributed by atoms with Crippen LogP contribution in [0.5, 0.6) is 0 Å². The van der Waals surface area contributed by atoms with Gasteiger partial charge in [-0.1, -0.05) is 13.8 Å². The number of β-amino-alcohol motifs (C(OH)–C–C–N with tert-alkyl or cyclic N) is 2. The van der Waals surface area contributed by atoms with E-state index < -0.39 is 69.1 Å². The number of aromatic nitrogens is 2. The zero-order valence-electron chi connectivity index (χ0n) is 19.6. The van der Waals surface area contributed by atoms with Crippen LogP contribution in [0.25, 0.3) is 16.7 Å². The summed E-state index contributed by atoms with van der Waals surface area (Å²) in [5, 5.41) is 21.8. The highest BCUT2D eigenvalue weighted by molar-refractivity contribution is 5.97. The van der Waals surface area contributed by atoms with Crippen LogP contribution in [0.2, 0.25) is 0 Å². The van der Waals surface area contributed by atoms with Crippen molar-refractivity contribution in [3.63, 3.8) is 0 Å². The monoisotopic (exact) mass is 508 g/mol. The SMILES string of the molecule is CC(C)C(C)NC(=O)c1cn(-c2c(F)cc(F)cc2F)c2nc(N3C[C@@H](O)[C@H](O)C3)c(F)cc2c1=O. The summed E-state index contributed by atoms with van der Waals surface area (Å²) >= 11 is 0. The molecular formula is C24H24F4N4O4. The molecular weight excluding hydrogens is 484 g/mol. The number of pyridine rings is 2. The van der Waals surface area contributed by atoms with Crippen molar-refractivity contribution in [2.45, 2.75) is 39.0 Å². The van der Waals surface area contributed by atoms with Gasteiger partial charge in [0, 0.05) is 37.5 Å². The molecule has 36 heavy (non-hydrogen) atoms. The summed E-state index contributed by atoms with van der Waals surface area (Å²) < 4.78 is 59.0. The lowest BCUT2D eigenvalue weighted by atomic mass is 10.1. The molecule has 192 valence electrons. The van der Waals surface area contributed by atoms with Crippen molar-refractivity contribution in [2.75, 3.05) is 18.0 Å². The minimum Gasteiger partial charge on any atom is -0.389 e. The van der Waals surface area contributed by atoms with Crippen LogP contribution in [0.1, 0.15) is 31.1 Å². The molecule has 0 spiro atoms. The number of amides is 1. The molecule has 3 N–H and O–H groups in total. The van der Waals surface area contributed by atoms with E-state index in [0.717, 1.165) is 16.8 Å². The van der Waals surface area contributed by atoms with Gasteiger partial charge in [-0.05, 0) is 18.9 Å². The van der Waals surface area contributed by atoms with Crippen molar-refractivity contribution in [1.29, 1.82) is 0 Å². The van der Waals surface area contributed by atoms with Gasteiger partial charge in [0.15, 0.2) is 28.9 Å². The van der Waals surface area contributed by atoms with E-state index in [9.17, 15) is 33.0 Å². The lowest BCUT2D eigenvalue weighted by molar-refractivity contribution is 0.0572. The first-order valence-electron chi connectivity index (χ1n) is 11.2. The van der Waals surface area contributed by atoms with Crippen LogP contribution in [0.15, 0.2) is 29.2 Å². The van der Waals surface area contributed by atoms with E-state index in [1.807, 2.05) is 13.8 Å². The van der Waals surface area contributed by atoms with E-state index in [1.165, 1.54) is 4.90 Å². The minimum absolute atomic E-state index is 0.00329. The van der Waals surface area contributed by atoms with E-state index >= 15 is 4.39 Å². The average molecular weight is 508 g/mol. The molecule has 1 aromatic carbocycles. The van der Waals surface area contributed by atoms with Crippen LogP contribution in [-0.4, -0.2) is 57.0 Å². The van der Waals surface area contributed by atoms with Crippen LogP contribution in [-0.2, 0) is 0 Å². The lowest BCUT2D eigenvalue weighted by Crippen LogP contribution is -2.38. The zero-order chi connectivity index (χ0) is 26.5. The van der Waals surface area contributed by atoms with E-state index in [-0.39, 0.29) is 30.9 Å². The summed E-state index contributed by atoms with van der Waals surface area (Å²) in [4.78, 5) is 31.4. The lowest BCUT2D eigenvalue weighted by Gasteiger charge is -2.21. The molecule has 1 unspecified atom stereocenters. The van der Waals surface area contributed by atoms with Gasteiger partial charge >= 0.3 is 0 Å². The van der Waals surface area contributed by atoms with E-state index in [4.69, 9.17) is 0 Å². The van der Waals surface area contributed by atoms with Gasteiger partial charge in [-0.2, -0.15) is 0 Å². The number of halogens is 4. The number of carbonyl (C=O) groups is 1. The Hall–Kier alpha value is -3.51. The molecule has 12 heteroatoms. The average Bonchev–Trinajstić information content (AvgIpc) is 3.12. The Bertz CT molecular complexity index is 1380. The Balaban J connectivity index is 2.00. The summed E-state index contributed by atoms with van der Waals surface area (Å²) in [5.74, 6) is -6.15. The van der Waals surface area contributed by atoms with Crippen molar-refractivity contribution in [3.05, 3.63) is 63.5 Å². The Morgan fingerprint density at radius 1 is 1.03 bits per heavy atom. The number of hydrogen-bond acceptors (Lipinski definition) is 6. The molecule has 0 radical (unpaired) electrons. The molecule has 3 atom stereocenters. The molecule has 8 nitrogen and oxygen atoms in total. The van der Waals surface area contributed by atoms with Gasteiger partial charge in [0.1, 0.15) is 17.1 Å². The number of anilines is 1. The third kappa shape index (κ3) is 4.53. The number of hydrogen-bond donors (Lipinski definition) is 3. The molecule has 3 aromatic rings. The second-order valence-corrected chi connectivity index (χ2v) is 9.17. The summed E-state index contributed by atoms with van der Waals surface area (Å²) in [7, 11) is 0. The fraction of sp³-hybridized carbons (Fsp3) is 0.375. The van der Waals surface area contributed by atoms with Gasteiger partial charge in [0.25, 0.3) is 5.91 Å². The highest BCUT2D eigenvalue weighted by Gasteiger charge is 2.33. The molecule has 0 saturated carbocycles. The third-order valence-electron chi connectivity index (χ3n) is 6.30. The van der Waals surface area contributed by atoms with Gasteiger partial charge in [0.05, 0.1) is 17.6 Å². The fourth-order valence-corrected chi connectivity index (χ4v) is 3.93. The van der Waals surface area contributed by atoms with E-state index in [2.05, 4.69) is 10.3 Å². The second kappa shape index (κ2) is 9.51. The Kier molecular flexibility index (Phi) is 6.76. The number of aliphatic hydroxyl groups excluding tert-OH is 2. The molecule has 3 heterocycles. The number of carbonyl (C=O) groups excluding carboxylic acids is 1. The summed E-state index contributed by atoms with van der Waals surface area (Å²) in [6.07, 6.45) is -1.51. The predicted molar refractivity (Wildman–Crippen MR) is 123 cm³/mol. The maximum absolute atomic E-state index is 15.1. The zero-order valence-corrected chi connectivity index (χ0v) is 19.6. The third-order valence-corrected chi connectivity index (χ3v) is 6.30. The first kappa shape index (κ1) is 25.6. The minimum atomic E-state index is -1.35. The van der Waals surface area contributed by atoms with Crippen molar-refractivity contribution >= 4 is 22.8 Å². The maximum atomic E-state index is 15.1. The summed E-state index contributed by atoms with van der Waals surface area (Å²) in [6.45, 7) is 5.00. The van der Waals surface area contributed by atoms with Crippen molar-refractivity contribution in [1.82, 2.24) is 14.9 Å². The van der Waals surface area contributed by atoms with Gasteiger partial charge < -0.3 is 20.4 Å². The van der Waals surface area contributed by atoms with Crippen LogP contribution in [0.4, 0.5) is 23.4 Å². The molecule has 1 fully saturated rings. The molecule has 1 amide bonds. The molecule has 0 bridgehead atoms. The van der Waals surface area contributed by atoms with Crippen molar-refractivity contribution in [2.24, 2.45) is 5.92 Å². The number of fused-ring (bicyclic) bond motifs is 1. The maximum Gasteiger partial charge on any atom is 0.257 e. The molecule has 4 rings (SSSR count). The highest BCUT2D eigenvalue weighted by Crippen LogP contribution is 2.28. The van der Waals surface area contributed by atoms with Gasteiger partial charge in [0.2, 0.25) is 5.43 Å². The van der Waals surface area contributed by atoms with Crippen LogP contribution < -0.4 is 15.6 Å². The molecule has 1 aliphatic heterocycles. The molecule has 1 saturated heterocycles. The van der Waals surface area contributed by atoms with Crippen molar-refractivity contribution < 1.29 is 32.6 Å². The quantitative estimate of drug-likeness (QED) is 0.457. The smallest absolute Gasteiger partial charge is 0.257 e. The van der Waals surface area contributed by atoms with E-state index in [1.54, 1.807) is 6.92 Å². The van der Waals surface area contributed by atoms with Gasteiger partial charge in [-0.25, -0.2) is 22.5 Å². The highest BCUT2D eigenvalue weighted by atomic mass is 19.1. The Labute approximate surface area is 202 Å². The second-order valence-electron chi connectivity index (χ2n) is 9.17. The Morgan fingerprint density at radius 2 is 1.61 bits per heavy atom. The van der Waals surface area contributed by atoms with Gasteiger partial charge in [-0.15, -0.1) is 0 Å². The molecule has 0 aliphatic carbocycles.